The number of benzene rings is 1. The Morgan fingerprint density at radius 2 is 1.65 bits per heavy atom. The van der Waals surface area contributed by atoms with Crippen molar-refractivity contribution < 1.29 is 19.1 Å². The first-order chi connectivity index (χ1) is 7.89. The predicted octanol–water partition coefficient (Wildman–Crippen LogP) is 1.34. The summed E-state index contributed by atoms with van der Waals surface area (Å²) in [6.45, 7) is 3.10. The van der Waals surface area contributed by atoms with E-state index < -0.39 is 18.5 Å². The summed E-state index contributed by atoms with van der Waals surface area (Å²) in [6, 6.07) is 8.06. The SMILES string of the molecule is CCC(CC)(C(=O)c1ccccc1)P(=O)([O-])[O-]. The Morgan fingerprint density at radius 1 is 1.18 bits per heavy atom. The number of carbonyl (C=O) groups is 1. The molecule has 0 aliphatic rings. The maximum Gasteiger partial charge on any atom is 0.173 e. The fourth-order valence-electron chi connectivity index (χ4n) is 1.94. The molecule has 17 heavy (non-hydrogen) atoms. The van der Waals surface area contributed by atoms with Gasteiger partial charge in [0.15, 0.2) is 5.78 Å². The molecule has 0 fully saturated rings. The zero-order valence-electron chi connectivity index (χ0n) is 9.88. The van der Waals surface area contributed by atoms with Gasteiger partial charge in [0.05, 0.1) is 5.16 Å². The minimum absolute atomic E-state index is 0.00149. The molecular weight excluding hydrogens is 239 g/mol. The van der Waals surface area contributed by atoms with Gasteiger partial charge in [0, 0.05) is 5.56 Å². The maximum absolute atomic E-state index is 12.2. The molecule has 94 valence electrons. The molecule has 5 heteroatoms. The lowest BCUT2D eigenvalue weighted by Gasteiger charge is -2.47. The average molecular weight is 254 g/mol. The van der Waals surface area contributed by atoms with Crippen molar-refractivity contribution >= 4 is 13.4 Å². The van der Waals surface area contributed by atoms with E-state index in [-0.39, 0.29) is 18.4 Å². The number of hydrogen-bond donors (Lipinski definition) is 0. The summed E-state index contributed by atoms with van der Waals surface area (Å²) in [7, 11) is -4.98. The molecule has 0 saturated heterocycles. The molecule has 0 aliphatic heterocycles. The lowest BCUT2D eigenvalue weighted by molar-refractivity contribution is -0.319. The second kappa shape index (κ2) is 5.13. The summed E-state index contributed by atoms with van der Waals surface area (Å²) in [5, 5.41) is -1.81. The quantitative estimate of drug-likeness (QED) is 0.586. The largest absolute Gasteiger partial charge is 0.810 e. The van der Waals surface area contributed by atoms with Crippen LogP contribution in [0.15, 0.2) is 30.3 Å². The van der Waals surface area contributed by atoms with Crippen LogP contribution in [0, 0.1) is 0 Å². The number of rotatable bonds is 5. The van der Waals surface area contributed by atoms with Crippen molar-refractivity contribution in [2.24, 2.45) is 0 Å². The first kappa shape index (κ1) is 14.1. The molecule has 0 aromatic heterocycles. The van der Waals surface area contributed by atoms with Crippen LogP contribution < -0.4 is 9.79 Å². The van der Waals surface area contributed by atoms with Crippen LogP contribution in [0.4, 0.5) is 0 Å². The highest BCUT2D eigenvalue weighted by molar-refractivity contribution is 7.52. The van der Waals surface area contributed by atoms with Crippen LogP contribution >= 0.6 is 7.60 Å². The topological polar surface area (TPSA) is 80.3 Å². The molecule has 0 N–H and O–H groups in total. The van der Waals surface area contributed by atoms with Crippen LogP contribution in [-0.2, 0) is 4.57 Å². The van der Waals surface area contributed by atoms with Gasteiger partial charge in [-0.25, -0.2) is 0 Å². The third-order valence-electron chi connectivity index (χ3n) is 3.15. The highest BCUT2D eigenvalue weighted by Crippen LogP contribution is 2.49. The maximum atomic E-state index is 12.2. The van der Waals surface area contributed by atoms with Gasteiger partial charge in [-0.05, 0) is 12.8 Å². The molecule has 0 unspecified atom stereocenters. The zero-order valence-corrected chi connectivity index (χ0v) is 10.8. The number of carbonyl (C=O) groups excluding carboxylic acids is 1. The first-order valence-electron chi connectivity index (χ1n) is 5.51. The standard InChI is InChI=1S/C12H17O4P/c1-3-12(4-2,17(14,15)16)11(13)10-8-6-5-7-9-10/h5-9H,3-4H2,1-2H3,(H2,14,15,16)/p-2. The van der Waals surface area contributed by atoms with Gasteiger partial charge in [-0.1, -0.05) is 51.8 Å². The second-order valence-corrected chi connectivity index (χ2v) is 5.78. The number of Topliss-reactive ketones (excluding diaryl/α,β-unsaturated/α-hetero) is 1. The van der Waals surface area contributed by atoms with E-state index in [2.05, 4.69) is 0 Å². The Kier molecular flexibility index (Phi) is 4.26. The molecule has 0 bridgehead atoms. The monoisotopic (exact) mass is 254 g/mol. The van der Waals surface area contributed by atoms with Crippen molar-refractivity contribution in [3.63, 3.8) is 0 Å². The normalized spacial score (nSPS) is 12.5. The van der Waals surface area contributed by atoms with Crippen LogP contribution in [0.25, 0.3) is 0 Å². The Bertz CT molecular complexity index is 431. The molecule has 0 aliphatic carbocycles. The van der Waals surface area contributed by atoms with Crippen molar-refractivity contribution in [3.8, 4) is 0 Å². The van der Waals surface area contributed by atoms with Crippen LogP contribution in [0.2, 0.25) is 0 Å². The average Bonchev–Trinajstić information content (AvgIpc) is 2.30. The van der Waals surface area contributed by atoms with Crippen LogP contribution in [0.5, 0.6) is 0 Å². The van der Waals surface area contributed by atoms with E-state index in [9.17, 15) is 19.1 Å². The first-order valence-corrected chi connectivity index (χ1v) is 7.05. The Labute approximate surface area is 101 Å². The van der Waals surface area contributed by atoms with Crippen molar-refractivity contribution in [2.45, 2.75) is 31.8 Å². The Balaban J connectivity index is 3.27. The number of ketones is 1. The highest BCUT2D eigenvalue weighted by atomic mass is 31.2. The molecule has 0 atom stereocenters. The minimum Gasteiger partial charge on any atom is -0.810 e. The van der Waals surface area contributed by atoms with E-state index in [0.29, 0.717) is 0 Å². The van der Waals surface area contributed by atoms with E-state index in [1.54, 1.807) is 32.0 Å². The summed E-state index contributed by atoms with van der Waals surface area (Å²) >= 11 is 0. The predicted molar refractivity (Wildman–Crippen MR) is 61.7 cm³/mol. The molecule has 1 rings (SSSR count). The summed E-state index contributed by atoms with van der Waals surface area (Å²) in [6.07, 6.45) is 0.00299. The molecule has 0 heterocycles. The smallest absolute Gasteiger partial charge is 0.173 e. The molecule has 4 nitrogen and oxygen atoms in total. The Morgan fingerprint density at radius 3 is 2.00 bits per heavy atom. The summed E-state index contributed by atoms with van der Waals surface area (Å²) in [5.74, 6) is -0.601. The summed E-state index contributed by atoms with van der Waals surface area (Å²) < 4.78 is 11.4. The molecule has 0 spiro atoms. The lowest BCUT2D eigenvalue weighted by Crippen LogP contribution is -2.45. The fraction of sp³-hybridized carbons (Fsp3) is 0.417. The van der Waals surface area contributed by atoms with Crippen molar-refractivity contribution in [1.82, 2.24) is 0 Å². The van der Waals surface area contributed by atoms with Gasteiger partial charge in [0.25, 0.3) is 0 Å². The third kappa shape index (κ3) is 2.49. The van der Waals surface area contributed by atoms with Crippen LogP contribution in [-0.4, -0.2) is 10.9 Å². The van der Waals surface area contributed by atoms with Gasteiger partial charge < -0.3 is 14.4 Å². The second-order valence-electron chi connectivity index (χ2n) is 3.93. The number of hydrogen-bond acceptors (Lipinski definition) is 4. The van der Waals surface area contributed by atoms with Gasteiger partial charge in [0.2, 0.25) is 0 Å². The van der Waals surface area contributed by atoms with Gasteiger partial charge in [-0.3, -0.25) is 4.79 Å². The van der Waals surface area contributed by atoms with E-state index in [1.807, 2.05) is 0 Å². The summed E-state index contributed by atoms with van der Waals surface area (Å²) in [5.41, 5.74) is 0.267. The lowest BCUT2D eigenvalue weighted by atomic mass is 9.92. The van der Waals surface area contributed by atoms with Gasteiger partial charge in [0.1, 0.15) is 0 Å². The summed E-state index contributed by atoms with van der Waals surface area (Å²) in [4.78, 5) is 35.0. The highest BCUT2D eigenvalue weighted by Gasteiger charge is 2.38. The van der Waals surface area contributed by atoms with Crippen LogP contribution in [0.3, 0.4) is 0 Å². The van der Waals surface area contributed by atoms with Gasteiger partial charge in [-0.15, -0.1) is 0 Å². The van der Waals surface area contributed by atoms with E-state index in [1.165, 1.54) is 12.1 Å². The molecule has 1 aromatic rings. The fourth-order valence-corrected chi connectivity index (χ4v) is 3.09. The van der Waals surface area contributed by atoms with Crippen molar-refractivity contribution in [3.05, 3.63) is 35.9 Å². The van der Waals surface area contributed by atoms with E-state index in [0.717, 1.165) is 0 Å². The zero-order chi connectivity index (χ0) is 13.1. The van der Waals surface area contributed by atoms with E-state index >= 15 is 0 Å². The molecular formula is C12H15O4P-2. The van der Waals surface area contributed by atoms with Crippen molar-refractivity contribution in [1.29, 1.82) is 0 Å². The molecule has 1 aromatic carbocycles. The Hall–Kier alpha value is -0.960. The third-order valence-corrected chi connectivity index (χ3v) is 5.04. The van der Waals surface area contributed by atoms with Gasteiger partial charge >= 0.3 is 0 Å². The van der Waals surface area contributed by atoms with Crippen LogP contribution in [0.1, 0.15) is 37.0 Å². The van der Waals surface area contributed by atoms with E-state index in [4.69, 9.17) is 0 Å². The molecule has 0 radical (unpaired) electrons. The minimum atomic E-state index is -4.98. The molecule has 0 amide bonds. The molecule has 0 saturated carbocycles. The van der Waals surface area contributed by atoms with Crippen molar-refractivity contribution in [2.75, 3.05) is 0 Å². The van der Waals surface area contributed by atoms with Gasteiger partial charge in [-0.2, -0.15) is 0 Å².